The minimum absolute atomic E-state index is 0.0143. The van der Waals surface area contributed by atoms with Crippen LogP contribution in [0.4, 0.5) is 0 Å². The van der Waals surface area contributed by atoms with Gasteiger partial charge in [-0.15, -0.1) is 0 Å². The molecule has 12 nitrogen and oxygen atoms in total. The second-order valence-corrected chi connectivity index (χ2v) is 17.8. The van der Waals surface area contributed by atoms with Crippen LogP contribution in [-0.2, 0) is 23.7 Å². The molecule has 0 spiro atoms. The summed E-state index contributed by atoms with van der Waals surface area (Å²) in [5.41, 5.74) is 1.11. The van der Waals surface area contributed by atoms with Crippen molar-refractivity contribution < 1.29 is 59.5 Å². The van der Waals surface area contributed by atoms with Crippen LogP contribution in [0, 0.1) is 46.3 Å². The van der Waals surface area contributed by atoms with Crippen molar-refractivity contribution in [3.8, 4) is 0 Å². The smallest absolute Gasteiger partial charge is 0.187 e. The first-order valence-electron chi connectivity index (χ1n) is 19.6. The molecule has 292 valence electrons. The van der Waals surface area contributed by atoms with E-state index in [-0.39, 0.29) is 34.4 Å². The van der Waals surface area contributed by atoms with Crippen LogP contribution < -0.4 is 0 Å². The van der Waals surface area contributed by atoms with Crippen LogP contribution in [0.2, 0.25) is 0 Å². The lowest BCUT2D eigenvalue weighted by atomic mass is 9.46. The summed E-state index contributed by atoms with van der Waals surface area (Å²) in [6.07, 6.45) is -5.53. The molecule has 3 saturated carbocycles. The summed E-state index contributed by atoms with van der Waals surface area (Å²) in [5.74, 6) is 1.57. The Morgan fingerprint density at radius 2 is 1.57 bits per heavy atom. The number of aliphatic hydroxyl groups excluding tert-OH is 7. The minimum atomic E-state index is -1.66. The molecule has 7 N–H and O–H groups in total. The van der Waals surface area contributed by atoms with Gasteiger partial charge in [0.1, 0.15) is 42.7 Å². The number of ketones is 1. The third-order valence-corrected chi connectivity index (χ3v) is 14.5. The van der Waals surface area contributed by atoms with E-state index in [1.807, 2.05) is 6.08 Å². The first-order chi connectivity index (χ1) is 24.0. The van der Waals surface area contributed by atoms with Crippen molar-refractivity contribution in [3.05, 3.63) is 11.6 Å². The summed E-state index contributed by atoms with van der Waals surface area (Å²) in [5, 5.41) is 75.9. The quantitative estimate of drug-likeness (QED) is 0.174. The largest absolute Gasteiger partial charge is 0.394 e. The van der Waals surface area contributed by atoms with Gasteiger partial charge >= 0.3 is 0 Å². The molecular formula is C39H64O12. The zero-order chi connectivity index (χ0) is 37.2. The van der Waals surface area contributed by atoms with Crippen molar-refractivity contribution in [2.75, 3.05) is 6.61 Å². The molecular weight excluding hydrogens is 660 g/mol. The molecule has 4 aliphatic carbocycles. The van der Waals surface area contributed by atoms with E-state index >= 15 is 0 Å². The van der Waals surface area contributed by atoms with Crippen LogP contribution in [0.1, 0.15) is 99.3 Å². The maximum atomic E-state index is 12.4. The molecule has 51 heavy (non-hydrogen) atoms. The van der Waals surface area contributed by atoms with Crippen LogP contribution in [-0.4, -0.2) is 122 Å². The average molecular weight is 725 g/mol. The summed E-state index contributed by atoms with van der Waals surface area (Å²) in [6.45, 7) is 12.0. The molecule has 12 heteroatoms. The van der Waals surface area contributed by atoms with Crippen molar-refractivity contribution in [2.45, 2.75) is 173 Å². The van der Waals surface area contributed by atoms with E-state index in [1.165, 1.54) is 12.5 Å². The average Bonchev–Trinajstić information content (AvgIpc) is 3.39. The molecule has 6 aliphatic rings. The number of hydrogen-bond donors (Lipinski definition) is 7. The molecule has 5 fully saturated rings. The second-order valence-electron chi connectivity index (χ2n) is 17.8. The lowest BCUT2D eigenvalue weighted by Crippen LogP contribution is -2.64. The van der Waals surface area contributed by atoms with Gasteiger partial charge in [-0.25, -0.2) is 0 Å². The molecule has 2 heterocycles. The van der Waals surface area contributed by atoms with Crippen molar-refractivity contribution in [1.82, 2.24) is 0 Å². The van der Waals surface area contributed by atoms with Crippen LogP contribution in [0.25, 0.3) is 0 Å². The van der Waals surface area contributed by atoms with Gasteiger partial charge < -0.3 is 54.7 Å². The summed E-state index contributed by atoms with van der Waals surface area (Å²) >= 11 is 0. The lowest BCUT2D eigenvalue weighted by molar-refractivity contribution is -0.362. The normalized spacial score (nSPS) is 49.9. The molecule has 19 atom stereocenters. The number of rotatable bonds is 10. The van der Waals surface area contributed by atoms with Gasteiger partial charge in [-0.2, -0.15) is 0 Å². The number of carbonyl (C=O) groups excluding carboxylic acids is 1. The Morgan fingerprint density at radius 1 is 0.863 bits per heavy atom. The van der Waals surface area contributed by atoms with Gasteiger partial charge in [0.15, 0.2) is 18.4 Å². The molecule has 0 aromatic heterocycles. The zero-order valence-electron chi connectivity index (χ0n) is 31.2. The van der Waals surface area contributed by atoms with Crippen molar-refractivity contribution in [1.29, 1.82) is 0 Å². The number of fused-ring (bicyclic) bond motifs is 5. The lowest BCUT2D eigenvalue weighted by Gasteiger charge is -2.58. The molecule has 0 aromatic carbocycles. The fourth-order valence-electron chi connectivity index (χ4n) is 11.5. The number of carbonyl (C=O) groups is 1. The Hall–Kier alpha value is -1.03. The van der Waals surface area contributed by atoms with Crippen molar-refractivity contribution >= 4 is 5.78 Å². The number of allylic oxidation sites excluding steroid dienone is 1. The second kappa shape index (κ2) is 15.2. The fourth-order valence-corrected chi connectivity index (χ4v) is 11.5. The van der Waals surface area contributed by atoms with E-state index < -0.39 is 80.2 Å². The van der Waals surface area contributed by atoms with Gasteiger partial charge in [0.25, 0.3) is 0 Å². The van der Waals surface area contributed by atoms with E-state index in [1.54, 1.807) is 0 Å². The van der Waals surface area contributed by atoms with Crippen LogP contribution in [0.15, 0.2) is 11.6 Å². The van der Waals surface area contributed by atoms with Crippen LogP contribution >= 0.6 is 0 Å². The molecule has 0 bridgehead atoms. The van der Waals surface area contributed by atoms with Gasteiger partial charge in [0, 0.05) is 6.42 Å². The van der Waals surface area contributed by atoms with E-state index in [2.05, 4.69) is 34.6 Å². The Bertz CT molecular complexity index is 1260. The summed E-state index contributed by atoms with van der Waals surface area (Å²) in [7, 11) is 0. The van der Waals surface area contributed by atoms with E-state index in [0.717, 1.165) is 38.5 Å². The molecule has 0 unspecified atom stereocenters. The highest BCUT2D eigenvalue weighted by Crippen LogP contribution is 2.68. The minimum Gasteiger partial charge on any atom is -0.394 e. The Labute approximate surface area is 302 Å². The monoisotopic (exact) mass is 724 g/mol. The first kappa shape index (κ1) is 39.7. The van der Waals surface area contributed by atoms with Gasteiger partial charge in [-0.1, -0.05) is 40.2 Å². The maximum absolute atomic E-state index is 12.4. The Kier molecular flexibility index (Phi) is 11.9. The van der Waals surface area contributed by atoms with Crippen molar-refractivity contribution in [3.63, 3.8) is 0 Å². The molecule has 0 radical (unpaired) electrons. The Balaban J connectivity index is 1.28. The van der Waals surface area contributed by atoms with Gasteiger partial charge in [0.05, 0.1) is 24.9 Å². The highest BCUT2D eigenvalue weighted by Gasteiger charge is 2.64. The van der Waals surface area contributed by atoms with E-state index in [0.29, 0.717) is 37.0 Å². The van der Waals surface area contributed by atoms with E-state index in [4.69, 9.17) is 18.9 Å². The van der Waals surface area contributed by atoms with Gasteiger partial charge in [0.2, 0.25) is 0 Å². The third-order valence-electron chi connectivity index (χ3n) is 14.5. The predicted molar refractivity (Wildman–Crippen MR) is 185 cm³/mol. The summed E-state index contributed by atoms with van der Waals surface area (Å²) in [6, 6.07) is 0. The zero-order valence-corrected chi connectivity index (χ0v) is 31.2. The molecule has 0 aromatic rings. The van der Waals surface area contributed by atoms with Gasteiger partial charge in [-0.3, -0.25) is 4.79 Å². The van der Waals surface area contributed by atoms with Crippen LogP contribution in [0.5, 0.6) is 0 Å². The predicted octanol–water partition coefficient (Wildman–Crippen LogP) is 2.21. The standard InChI is InChI=1S/C39H64O12/c1-18(2)7-10-26(42)19(3)29-27(16-25-23-9-8-21-15-22(41)11-13-38(21,5)24(23)12-14-39(25,29)6)49-37-34(47)35(31(44)28(17-40)50-37)51-36-33(46)32(45)30(43)20(4)48-36/h15,18-20,23-37,40,42-47H,7-14,16-17H2,1-6H3/t19-,20+,23-,24+,25+,26+,27+,28-,29+,30+,31+,32-,33-,34-,35+,36+,37-,38+,39+/m1/s1. The number of aliphatic hydroxyl groups is 7. The first-order valence-corrected chi connectivity index (χ1v) is 19.6. The number of ether oxygens (including phenoxy) is 4. The topological polar surface area (TPSA) is 196 Å². The molecule has 6 rings (SSSR count). The SMILES string of the molecule is CC(C)CC[C@H](O)[C@@H](C)[C@H]1[C@@H](O[C@@H]2O[C@H](CO)[C@H](O)[C@H](O[C@@H]3O[C@@H](C)[C@H](O)[C@@H](O)[C@H]3O)[C@H]2O)C[C@H]2[C@@H]3CCC4=CC(=O)CC[C@]4(C)[C@H]3CC[C@]12C. The van der Waals surface area contributed by atoms with E-state index in [9.17, 15) is 40.5 Å². The van der Waals surface area contributed by atoms with Crippen LogP contribution in [0.3, 0.4) is 0 Å². The molecule has 2 aliphatic heterocycles. The maximum Gasteiger partial charge on any atom is 0.187 e. The molecule has 2 saturated heterocycles. The van der Waals surface area contributed by atoms with Gasteiger partial charge in [-0.05, 0) is 111 Å². The van der Waals surface area contributed by atoms with Crippen molar-refractivity contribution in [2.24, 2.45) is 46.3 Å². The summed E-state index contributed by atoms with van der Waals surface area (Å²) < 4.78 is 24.4. The highest BCUT2D eigenvalue weighted by atomic mass is 16.7. The third kappa shape index (κ3) is 7.14. The number of hydrogen-bond acceptors (Lipinski definition) is 12. The summed E-state index contributed by atoms with van der Waals surface area (Å²) in [4.78, 5) is 12.4. The molecule has 0 amide bonds. The fraction of sp³-hybridized carbons (Fsp3) is 0.923. The Morgan fingerprint density at radius 3 is 2.25 bits per heavy atom. The highest BCUT2D eigenvalue weighted by molar-refractivity contribution is 5.91.